The predicted octanol–water partition coefficient (Wildman–Crippen LogP) is 3.53. The molecule has 1 aromatic rings. The largest absolute Gasteiger partial charge is 0.478 e. The molecule has 0 fully saturated rings. The Hall–Kier alpha value is -1.25. The lowest BCUT2D eigenvalue weighted by atomic mass is 9.95. The monoisotopic (exact) mass is 210 g/mol. The van der Waals surface area contributed by atoms with E-state index in [2.05, 4.69) is 0 Å². The van der Waals surface area contributed by atoms with Crippen LogP contribution in [0.1, 0.15) is 67.0 Å². The van der Waals surface area contributed by atoms with Crippen LogP contribution in [0.25, 0.3) is 0 Å². The van der Waals surface area contributed by atoms with Gasteiger partial charge in [-0.2, -0.15) is 0 Å². The van der Waals surface area contributed by atoms with Crippen molar-refractivity contribution < 1.29 is 14.3 Å². The summed E-state index contributed by atoms with van der Waals surface area (Å²) in [4.78, 5) is 11.2. The summed E-state index contributed by atoms with van der Waals surface area (Å²) in [6, 6.07) is 0. The minimum atomic E-state index is -0.890. The van der Waals surface area contributed by atoms with Crippen LogP contribution in [0.5, 0.6) is 0 Å². The van der Waals surface area contributed by atoms with Crippen LogP contribution in [0.2, 0.25) is 0 Å². The van der Waals surface area contributed by atoms with Gasteiger partial charge in [-0.25, -0.2) is 4.79 Å². The van der Waals surface area contributed by atoms with Crippen molar-refractivity contribution in [2.45, 2.75) is 46.5 Å². The molecule has 1 N–H and O–H groups in total. The van der Waals surface area contributed by atoms with E-state index in [0.717, 1.165) is 11.3 Å². The van der Waals surface area contributed by atoms with Gasteiger partial charge in [-0.05, 0) is 12.8 Å². The molecule has 0 atom stereocenters. The van der Waals surface area contributed by atoms with Gasteiger partial charge in [0.2, 0.25) is 0 Å². The molecule has 3 heteroatoms. The van der Waals surface area contributed by atoms with Gasteiger partial charge in [0.1, 0.15) is 17.1 Å². The third-order valence-corrected chi connectivity index (χ3v) is 2.47. The van der Waals surface area contributed by atoms with E-state index in [1.165, 1.54) is 0 Å². The molecule has 0 saturated carbocycles. The van der Waals surface area contributed by atoms with Crippen molar-refractivity contribution in [3.8, 4) is 0 Å². The highest BCUT2D eigenvalue weighted by atomic mass is 16.4. The second-order valence-corrected chi connectivity index (χ2v) is 4.43. The van der Waals surface area contributed by atoms with Gasteiger partial charge in [0.15, 0.2) is 0 Å². The van der Waals surface area contributed by atoms with E-state index < -0.39 is 5.97 Å². The zero-order valence-corrected chi connectivity index (χ0v) is 9.92. The van der Waals surface area contributed by atoms with Gasteiger partial charge in [-0.3, -0.25) is 0 Å². The van der Waals surface area contributed by atoms with E-state index in [1.54, 1.807) is 0 Å². The standard InChI is InChI=1S/C12H18O3/c1-6(2)9-8(5)15-11(7(3)4)10(9)12(13)14/h6-7H,1-5H3,(H,13,14). The Morgan fingerprint density at radius 1 is 1.20 bits per heavy atom. The number of rotatable bonds is 3. The van der Waals surface area contributed by atoms with E-state index in [4.69, 9.17) is 4.42 Å². The molecular weight excluding hydrogens is 192 g/mol. The van der Waals surface area contributed by atoms with Gasteiger partial charge in [0.05, 0.1) is 0 Å². The van der Waals surface area contributed by atoms with E-state index in [-0.39, 0.29) is 11.8 Å². The third-order valence-electron chi connectivity index (χ3n) is 2.47. The van der Waals surface area contributed by atoms with Crippen LogP contribution in [-0.2, 0) is 0 Å². The molecule has 0 saturated heterocycles. The molecule has 3 nitrogen and oxygen atoms in total. The average Bonchev–Trinajstić information content (AvgIpc) is 2.42. The fraction of sp³-hybridized carbons (Fsp3) is 0.583. The Balaban J connectivity index is 3.44. The van der Waals surface area contributed by atoms with Crippen LogP contribution in [0.15, 0.2) is 4.42 Å². The number of hydrogen-bond acceptors (Lipinski definition) is 2. The van der Waals surface area contributed by atoms with Gasteiger partial charge in [0, 0.05) is 11.5 Å². The fourth-order valence-corrected chi connectivity index (χ4v) is 1.90. The van der Waals surface area contributed by atoms with Crippen molar-refractivity contribution in [3.05, 3.63) is 22.6 Å². The van der Waals surface area contributed by atoms with Gasteiger partial charge in [-0.1, -0.05) is 27.7 Å². The summed E-state index contributed by atoms with van der Waals surface area (Å²) in [5, 5.41) is 9.20. The molecule has 0 aliphatic rings. The zero-order valence-electron chi connectivity index (χ0n) is 9.92. The van der Waals surface area contributed by atoms with Crippen molar-refractivity contribution in [2.75, 3.05) is 0 Å². The molecule has 84 valence electrons. The first-order valence-electron chi connectivity index (χ1n) is 5.22. The van der Waals surface area contributed by atoms with Gasteiger partial charge in [0.25, 0.3) is 0 Å². The molecule has 1 aromatic heterocycles. The molecule has 0 unspecified atom stereocenters. The van der Waals surface area contributed by atoms with E-state index in [9.17, 15) is 9.90 Å². The maximum Gasteiger partial charge on any atom is 0.339 e. The van der Waals surface area contributed by atoms with Crippen LogP contribution in [-0.4, -0.2) is 11.1 Å². The second-order valence-electron chi connectivity index (χ2n) is 4.43. The van der Waals surface area contributed by atoms with Crippen molar-refractivity contribution >= 4 is 5.97 Å². The number of carboxylic acids is 1. The number of carbonyl (C=O) groups is 1. The average molecular weight is 210 g/mol. The molecule has 15 heavy (non-hydrogen) atoms. The topological polar surface area (TPSA) is 50.4 Å². The first-order valence-corrected chi connectivity index (χ1v) is 5.22. The highest BCUT2D eigenvalue weighted by Crippen LogP contribution is 2.32. The number of aromatic carboxylic acids is 1. The highest BCUT2D eigenvalue weighted by Gasteiger charge is 2.26. The molecular formula is C12H18O3. The summed E-state index contributed by atoms with van der Waals surface area (Å²) >= 11 is 0. The minimum absolute atomic E-state index is 0.0994. The summed E-state index contributed by atoms with van der Waals surface area (Å²) in [7, 11) is 0. The van der Waals surface area contributed by atoms with Crippen molar-refractivity contribution in [1.82, 2.24) is 0 Å². The smallest absolute Gasteiger partial charge is 0.339 e. The summed E-state index contributed by atoms with van der Waals surface area (Å²) < 4.78 is 5.55. The number of hydrogen-bond donors (Lipinski definition) is 1. The van der Waals surface area contributed by atoms with Gasteiger partial charge in [-0.15, -0.1) is 0 Å². The Morgan fingerprint density at radius 3 is 2.07 bits per heavy atom. The molecule has 0 amide bonds. The molecule has 0 aliphatic heterocycles. The van der Waals surface area contributed by atoms with Crippen molar-refractivity contribution in [2.24, 2.45) is 0 Å². The lowest BCUT2D eigenvalue weighted by Gasteiger charge is -2.06. The molecule has 0 bridgehead atoms. The maximum absolute atomic E-state index is 11.2. The first-order chi connectivity index (χ1) is 6.86. The van der Waals surface area contributed by atoms with Crippen LogP contribution in [0.4, 0.5) is 0 Å². The number of aryl methyl sites for hydroxylation is 1. The Morgan fingerprint density at radius 2 is 1.73 bits per heavy atom. The lowest BCUT2D eigenvalue weighted by Crippen LogP contribution is -2.05. The SMILES string of the molecule is Cc1oc(C(C)C)c(C(=O)O)c1C(C)C. The van der Waals surface area contributed by atoms with Crippen LogP contribution >= 0.6 is 0 Å². The first kappa shape index (κ1) is 11.8. The van der Waals surface area contributed by atoms with Crippen LogP contribution in [0, 0.1) is 6.92 Å². The van der Waals surface area contributed by atoms with Gasteiger partial charge < -0.3 is 9.52 Å². The van der Waals surface area contributed by atoms with Crippen molar-refractivity contribution in [1.29, 1.82) is 0 Å². The molecule has 0 aromatic carbocycles. The molecule has 0 aliphatic carbocycles. The van der Waals surface area contributed by atoms with Crippen LogP contribution in [0.3, 0.4) is 0 Å². The molecule has 0 spiro atoms. The van der Waals surface area contributed by atoms with E-state index >= 15 is 0 Å². The summed E-state index contributed by atoms with van der Waals surface area (Å²) in [6.07, 6.45) is 0. The number of carboxylic acid groups (broad SMARTS) is 1. The Kier molecular flexibility index (Phi) is 3.22. The Bertz CT molecular complexity index is 372. The minimum Gasteiger partial charge on any atom is -0.478 e. The quantitative estimate of drug-likeness (QED) is 0.830. The van der Waals surface area contributed by atoms with Crippen molar-refractivity contribution in [3.63, 3.8) is 0 Å². The highest BCUT2D eigenvalue weighted by molar-refractivity contribution is 5.91. The second kappa shape index (κ2) is 4.09. The van der Waals surface area contributed by atoms with Crippen LogP contribution < -0.4 is 0 Å². The fourth-order valence-electron chi connectivity index (χ4n) is 1.90. The third kappa shape index (κ3) is 2.06. The number of furan rings is 1. The lowest BCUT2D eigenvalue weighted by molar-refractivity contribution is 0.0692. The summed E-state index contributed by atoms with van der Waals surface area (Å²) in [5.41, 5.74) is 1.18. The predicted molar refractivity (Wildman–Crippen MR) is 58.6 cm³/mol. The summed E-state index contributed by atoms with van der Waals surface area (Å²) in [5.74, 6) is 0.698. The molecule has 1 rings (SSSR count). The summed E-state index contributed by atoms with van der Waals surface area (Å²) in [6.45, 7) is 9.67. The van der Waals surface area contributed by atoms with Gasteiger partial charge >= 0.3 is 5.97 Å². The van der Waals surface area contributed by atoms with E-state index in [1.807, 2.05) is 34.6 Å². The Labute approximate surface area is 90.1 Å². The molecule has 1 heterocycles. The zero-order chi connectivity index (χ0) is 11.7. The molecule has 0 radical (unpaired) electrons. The normalized spacial score (nSPS) is 11.4. The maximum atomic E-state index is 11.2. The van der Waals surface area contributed by atoms with E-state index in [0.29, 0.717) is 11.3 Å².